The summed E-state index contributed by atoms with van der Waals surface area (Å²) in [7, 11) is 0. The molecule has 2 aliphatic heterocycles. The molecule has 4 unspecified atom stereocenters. The molecule has 21 heavy (non-hydrogen) atoms. The molecule has 116 valence electrons. The number of carboxylic acids is 1. The molecule has 6 heteroatoms. The van der Waals surface area contributed by atoms with E-state index in [1.54, 1.807) is 0 Å². The Hall–Kier alpha value is -1.59. The van der Waals surface area contributed by atoms with Crippen LogP contribution in [0.25, 0.3) is 0 Å². The third-order valence-electron chi connectivity index (χ3n) is 5.26. The number of carboxylic acid groups (broad SMARTS) is 1. The zero-order valence-corrected chi connectivity index (χ0v) is 12.1. The molecule has 0 aromatic carbocycles. The summed E-state index contributed by atoms with van der Waals surface area (Å²) in [5, 5.41) is 12.0. The summed E-state index contributed by atoms with van der Waals surface area (Å²) in [4.78, 5) is 37.5. The number of likely N-dealkylation sites (tertiary alicyclic amines) is 1. The predicted molar refractivity (Wildman–Crippen MR) is 74.3 cm³/mol. The van der Waals surface area contributed by atoms with Crippen LogP contribution in [0.1, 0.15) is 38.5 Å². The molecule has 3 fully saturated rings. The Morgan fingerprint density at radius 2 is 1.90 bits per heavy atom. The molecule has 3 aliphatic rings. The molecule has 0 radical (unpaired) electrons. The van der Waals surface area contributed by atoms with Crippen molar-refractivity contribution in [3.63, 3.8) is 0 Å². The van der Waals surface area contributed by atoms with Crippen LogP contribution in [-0.2, 0) is 14.4 Å². The first-order chi connectivity index (χ1) is 10.1. The van der Waals surface area contributed by atoms with Gasteiger partial charge < -0.3 is 15.3 Å². The van der Waals surface area contributed by atoms with E-state index < -0.39 is 11.9 Å². The highest BCUT2D eigenvalue weighted by Crippen LogP contribution is 2.34. The minimum atomic E-state index is -0.790. The fourth-order valence-electron chi connectivity index (χ4n) is 4.10. The lowest BCUT2D eigenvalue weighted by Gasteiger charge is -2.39. The number of nitrogens with zero attached hydrogens (tertiary/aromatic N) is 1. The molecule has 1 saturated carbocycles. The number of hydrogen-bond donors (Lipinski definition) is 2. The van der Waals surface area contributed by atoms with E-state index >= 15 is 0 Å². The predicted octanol–water partition coefficient (Wildman–Crippen LogP) is 0.614. The standard InChI is InChI=1S/C15H22N2O4/c18-13-11-5-2-6-17(12(11)8-16-13)14(19)9-3-1-4-10(7-9)15(20)21/h9-12H,1-8H2,(H,16,18)(H,20,21). The smallest absolute Gasteiger partial charge is 0.306 e. The van der Waals surface area contributed by atoms with Gasteiger partial charge in [-0.3, -0.25) is 14.4 Å². The number of aliphatic carboxylic acids is 1. The third-order valence-corrected chi connectivity index (χ3v) is 5.26. The summed E-state index contributed by atoms with van der Waals surface area (Å²) in [6.07, 6.45) is 4.40. The molecule has 0 aromatic heterocycles. The van der Waals surface area contributed by atoms with E-state index in [4.69, 9.17) is 5.11 Å². The largest absolute Gasteiger partial charge is 0.481 e. The number of piperidine rings is 1. The number of carbonyl (C=O) groups is 3. The minimum absolute atomic E-state index is 0.0241. The Morgan fingerprint density at radius 3 is 2.67 bits per heavy atom. The molecule has 2 saturated heterocycles. The second-order valence-corrected chi connectivity index (χ2v) is 6.49. The number of fused-ring (bicyclic) bond motifs is 1. The van der Waals surface area contributed by atoms with Crippen molar-refractivity contribution in [2.24, 2.45) is 17.8 Å². The van der Waals surface area contributed by atoms with E-state index in [9.17, 15) is 14.4 Å². The van der Waals surface area contributed by atoms with Crippen molar-refractivity contribution in [3.8, 4) is 0 Å². The maximum absolute atomic E-state index is 12.8. The first-order valence-electron chi connectivity index (χ1n) is 7.89. The van der Waals surface area contributed by atoms with Gasteiger partial charge in [-0.2, -0.15) is 0 Å². The van der Waals surface area contributed by atoms with Crippen molar-refractivity contribution in [3.05, 3.63) is 0 Å². The fraction of sp³-hybridized carbons (Fsp3) is 0.800. The van der Waals surface area contributed by atoms with E-state index in [1.165, 1.54) is 0 Å². The lowest BCUT2D eigenvalue weighted by molar-refractivity contribution is -0.147. The van der Waals surface area contributed by atoms with Crippen LogP contribution in [0.2, 0.25) is 0 Å². The van der Waals surface area contributed by atoms with Gasteiger partial charge in [-0.1, -0.05) is 6.42 Å². The van der Waals surface area contributed by atoms with Gasteiger partial charge >= 0.3 is 5.97 Å². The zero-order chi connectivity index (χ0) is 15.0. The van der Waals surface area contributed by atoms with E-state index in [2.05, 4.69) is 5.32 Å². The maximum atomic E-state index is 12.8. The molecule has 6 nitrogen and oxygen atoms in total. The molecule has 0 bridgehead atoms. The summed E-state index contributed by atoms with van der Waals surface area (Å²) < 4.78 is 0. The van der Waals surface area contributed by atoms with Gasteiger partial charge in [0.15, 0.2) is 0 Å². The molecular weight excluding hydrogens is 272 g/mol. The molecule has 2 N–H and O–H groups in total. The second kappa shape index (κ2) is 5.66. The maximum Gasteiger partial charge on any atom is 0.306 e. The summed E-state index contributed by atoms with van der Waals surface area (Å²) in [6.45, 7) is 1.24. The van der Waals surface area contributed by atoms with Gasteiger partial charge in [0.25, 0.3) is 0 Å². The summed E-state index contributed by atoms with van der Waals surface area (Å²) in [5.74, 6) is -1.31. The van der Waals surface area contributed by atoms with Gasteiger partial charge in [0.1, 0.15) is 0 Å². The van der Waals surface area contributed by atoms with Crippen LogP contribution in [0, 0.1) is 17.8 Å². The quantitative estimate of drug-likeness (QED) is 0.781. The molecule has 4 atom stereocenters. The lowest BCUT2D eigenvalue weighted by Crippen LogP contribution is -2.51. The van der Waals surface area contributed by atoms with Crippen molar-refractivity contribution in [1.29, 1.82) is 0 Å². The van der Waals surface area contributed by atoms with Crippen molar-refractivity contribution in [2.75, 3.05) is 13.1 Å². The Labute approximate surface area is 123 Å². The Bertz CT molecular complexity index is 465. The molecule has 3 rings (SSSR count). The SMILES string of the molecule is O=C(O)C1CCCC(C(=O)N2CCCC3C(=O)NCC32)C1. The summed E-state index contributed by atoms with van der Waals surface area (Å²) in [5.41, 5.74) is 0. The average molecular weight is 294 g/mol. The minimum Gasteiger partial charge on any atom is -0.481 e. The number of carbonyl (C=O) groups excluding carboxylic acids is 2. The highest BCUT2D eigenvalue weighted by atomic mass is 16.4. The summed E-state index contributed by atoms with van der Waals surface area (Å²) in [6, 6.07) is -0.0241. The number of nitrogens with one attached hydrogen (secondary N) is 1. The Kier molecular flexibility index (Phi) is 3.87. The van der Waals surface area contributed by atoms with Crippen molar-refractivity contribution >= 4 is 17.8 Å². The van der Waals surface area contributed by atoms with Crippen LogP contribution < -0.4 is 5.32 Å². The van der Waals surface area contributed by atoms with Gasteiger partial charge in [-0.25, -0.2) is 0 Å². The Balaban J connectivity index is 1.69. The highest BCUT2D eigenvalue weighted by Gasteiger charge is 2.44. The van der Waals surface area contributed by atoms with Gasteiger partial charge in [0.05, 0.1) is 17.9 Å². The lowest BCUT2D eigenvalue weighted by atomic mass is 9.80. The highest BCUT2D eigenvalue weighted by molar-refractivity contribution is 5.85. The van der Waals surface area contributed by atoms with Gasteiger partial charge in [-0.15, -0.1) is 0 Å². The first kappa shape index (κ1) is 14.4. The van der Waals surface area contributed by atoms with E-state index in [0.717, 1.165) is 25.7 Å². The number of amides is 2. The molecular formula is C15H22N2O4. The molecule has 0 spiro atoms. The van der Waals surface area contributed by atoms with E-state index in [-0.39, 0.29) is 29.7 Å². The fourth-order valence-corrected chi connectivity index (χ4v) is 4.10. The van der Waals surface area contributed by atoms with Gasteiger partial charge in [-0.05, 0) is 32.1 Å². The number of rotatable bonds is 2. The monoisotopic (exact) mass is 294 g/mol. The van der Waals surface area contributed by atoms with Crippen molar-refractivity contribution in [2.45, 2.75) is 44.6 Å². The van der Waals surface area contributed by atoms with Crippen LogP contribution in [0.3, 0.4) is 0 Å². The van der Waals surface area contributed by atoms with Crippen molar-refractivity contribution < 1.29 is 19.5 Å². The third kappa shape index (κ3) is 2.63. The Morgan fingerprint density at radius 1 is 1.14 bits per heavy atom. The second-order valence-electron chi connectivity index (χ2n) is 6.49. The molecule has 2 heterocycles. The van der Waals surface area contributed by atoms with Crippen LogP contribution in [0.15, 0.2) is 0 Å². The molecule has 2 amide bonds. The zero-order valence-electron chi connectivity index (χ0n) is 12.1. The normalized spacial score (nSPS) is 36.0. The van der Waals surface area contributed by atoms with Gasteiger partial charge in [0.2, 0.25) is 11.8 Å². The summed E-state index contributed by atoms with van der Waals surface area (Å²) >= 11 is 0. The topological polar surface area (TPSA) is 86.7 Å². The van der Waals surface area contributed by atoms with Crippen LogP contribution in [0.4, 0.5) is 0 Å². The average Bonchev–Trinajstić information content (AvgIpc) is 2.88. The van der Waals surface area contributed by atoms with Crippen LogP contribution in [0.5, 0.6) is 0 Å². The van der Waals surface area contributed by atoms with E-state index in [0.29, 0.717) is 25.9 Å². The van der Waals surface area contributed by atoms with Crippen LogP contribution in [-0.4, -0.2) is 46.9 Å². The van der Waals surface area contributed by atoms with Crippen LogP contribution >= 0.6 is 0 Å². The van der Waals surface area contributed by atoms with Crippen molar-refractivity contribution in [1.82, 2.24) is 10.2 Å². The first-order valence-corrected chi connectivity index (χ1v) is 7.89. The van der Waals surface area contributed by atoms with E-state index in [1.807, 2.05) is 4.90 Å². The number of hydrogen-bond acceptors (Lipinski definition) is 3. The van der Waals surface area contributed by atoms with Gasteiger partial charge in [0, 0.05) is 19.0 Å². The molecule has 0 aromatic rings. The molecule has 1 aliphatic carbocycles.